The third-order valence-electron chi connectivity index (χ3n) is 5.19. The Kier molecular flexibility index (Phi) is 5.72. The molecule has 0 aliphatic heterocycles. The van der Waals surface area contributed by atoms with Crippen molar-refractivity contribution in [3.05, 3.63) is 131 Å². The van der Waals surface area contributed by atoms with Gasteiger partial charge in [0, 0.05) is 22.8 Å². The summed E-state index contributed by atoms with van der Waals surface area (Å²) in [5, 5.41) is 10.4. The van der Waals surface area contributed by atoms with Gasteiger partial charge in [-0.15, -0.1) is 0 Å². The molecule has 1 N–H and O–H groups in total. The number of ether oxygens (including phenoxy) is 2. The summed E-state index contributed by atoms with van der Waals surface area (Å²) in [5.41, 5.74) is 1.92. The lowest BCUT2D eigenvalue weighted by Crippen LogP contribution is -2.36. The van der Waals surface area contributed by atoms with Crippen molar-refractivity contribution in [3.63, 3.8) is 0 Å². The third-order valence-corrected chi connectivity index (χ3v) is 5.19. The number of hydrogen-bond donors (Lipinski definition) is 1. The van der Waals surface area contributed by atoms with Crippen molar-refractivity contribution in [1.29, 1.82) is 0 Å². The average molecular weight is 410 g/mol. The van der Waals surface area contributed by atoms with Gasteiger partial charge in [0.25, 0.3) is 0 Å². The Hall–Kier alpha value is -4.05. The van der Waals surface area contributed by atoms with Crippen LogP contribution in [0.15, 0.2) is 109 Å². The van der Waals surface area contributed by atoms with Gasteiger partial charge in [-0.25, -0.2) is 4.79 Å². The maximum Gasteiger partial charge on any atom is 0.341 e. The Morgan fingerprint density at radius 2 is 1.16 bits per heavy atom. The molecule has 31 heavy (non-hydrogen) atoms. The van der Waals surface area contributed by atoms with Gasteiger partial charge in [-0.2, -0.15) is 0 Å². The molecule has 4 rings (SSSR count). The number of carbonyl (C=O) groups is 1. The molecule has 154 valence electrons. The van der Waals surface area contributed by atoms with E-state index < -0.39 is 11.6 Å². The van der Waals surface area contributed by atoms with Gasteiger partial charge < -0.3 is 14.6 Å². The molecule has 0 heterocycles. The summed E-state index contributed by atoms with van der Waals surface area (Å²) >= 11 is 0. The van der Waals surface area contributed by atoms with E-state index in [1.807, 2.05) is 91.0 Å². The van der Waals surface area contributed by atoms with Gasteiger partial charge in [0.2, 0.25) is 0 Å². The average Bonchev–Trinajstić information content (AvgIpc) is 2.84. The van der Waals surface area contributed by atoms with E-state index in [2.05, 4.69) is 0 Å². The summed E-state index contributed by atoms with van der Waals surface area (Å²) in [5.74, 6) is -0.390. The van der Waals surface area contributed by atoms with Gasteiger partial charge in [-0.1, -0.05) is 91.0 Å². The fraction of sp³-hybridized carbons (Fsp3) is 0.0741. The van der Waals surface area contributed by atoms with E-state index in [0.717, 1.165) is 16.7 Å². The zero-order valence-corrected chi connectivity index (χ0v) is 17.1. The molecule has 0 spiro atoms. The molecule has 4 aromatic rings. The van der Waals surface area contributed by atoms with Crippen LogP contribution in [0.5, 0.6) is 11.5 Å². The van der Waals surface area contributed by atoms with E-state index in [4.69, 9.17) is 9.47 Å². The summed E-state index contributed by atoms with van der Waals surface area (Å²) < 4.78 is 11.4. The summed E-state index contributed by atoms with van der Waals surface area (Å²) in [7, 11) is 1.28. The van der Waals surface area contributed by atoms with Gasteiger partial charge in [0.05, 0.1) is 7.11 Å². The third kappa shape index (κ3) is 3.88. The van der Waals surface area contributed by atoms with Crippen LogP contribution in [0.1, 0.15) is 27.0 Å². The van der Waals surface area contributed by atoms with Crippen LogP contribution in [-0.2, 0) is 10.3 Å². The van der Waals surface area contributed by atoms with Crippen molar-refractivity contribution in [2.75, 3.05) is 7.11 Å². The lowest BCUT2D eigenvalue weighted by Gasteiger charge is -2.36. The van der Waals surface area contributed by atoms with E-state index >= 15 is 0 Å². The zero-order chi connectivity index (χ0) is 21.7. The molecule has 4 nitrogen and oxygen atoms in total. The first-order valence-electron chi connectivity index (χ1n) is 9.92. The SMILES string of the molecule is COC(=O)c1ccc(OC(c2ccccc2)(c2ccccc2)c2ccccc2)cc1O. The van der Waals surface area contributed by atoms with Gasteiger partial charge in [-0.05, 0) is 12.1 Å². The minimum Gasteiger partial charge on any atom is -0.507 e. The summed E-state index contributed by atoms with van der Waals surface area (Å²) in [6.45, 7) is 0. The van der Waals surface area contributed by atoms with Crippen LogP contribution in [0.25, 0.3) is 0 Å². The number of benzene rings is 4. The molecule has 0 unspecified atom stereocenters. The maximum atomic E-state index is 11.9. The predicted octanol–water partition coefficient (Wildman–Crippen LogP) is 5.55. The van der Waals surface area contributed by atoms with Crippen LogP contribution in [0.2, 0.25) is 0 Å². The van der Waals surface area contributed by atoms with Gasteiger partial charge in [0.15, 0.2) is 5.60 Å². The largest absolute Gasteiger partial charge is 0.507 e. The second-order valence-electron chi connectivity index (χ2n) is 7.05. The quantitative estimate of drug-likeness (QED) is 0.334. The van der Waals surface area contributed by atoms with Crippen LogP contribution in [-0.4, -0.2) is 18.2 Å². The van der Waals surface area contributed by atoms with Crippen LogP contribution in [0.3, 0.4) is 0 Å². The fourth-order valence-corrected chi connectivity index (χ4v) is 3.73. The molecule has 0 bridgehead atoms. The van der Waals surface area contributed by atoms with Crippen molar-refractivity contribution >= 4 is 5.97 Å². The standard InChI is InChI=1S/C27H22O4/c1-30-26(29)24-18-17-23(19-25(24)28)31-27(20-11-5-2-6-12-20,21-13-7-3-8-14-21)22-15-9-4-10-16-22/h2-19,28H,1H3. The highest BCUT2D eigenvalue weighted by Crippen LogP contribution is 2.42. The first kappa shape index (κ1) is 20.2. The fourth-order valence-electron chi connectivity index (χ4n) is 3.73. The van der Waals surface area contributed by atoms with Crippen LogP contribution < -0.4 is 4.74 Å². The number of aromatic hydroxyl groups is 1. The number of methoxy groups -OCH3 is 1. The molecule has 0 saturated carbocycles. The molecule has 0 aliphatic carbocycles. The molecule has 4 aromatic carbocycles. The van der Waals surface area contributed by atoms with Crippen molar-refractivity contribution in [3.8, 4) is 11.5 Å². The second-order valence-corrected chi connectivity index (χ2v) is 7.05. The van der Waals surface area contributed by atoms with Crippen molar-refractivity contribution < 1.29 is 19.4 Å². The Labute approximate surface area is 181 Å². The molecule has 0 aliphatic rings. The highest BCUT2D eigenvalue weighted by molar-refractivity contribution is 5.92. The maximum absolute atomic E-state index is 11.9. The molecule has 0 radical (unpaired) electrons. The van der Waals surface area contributed by atoms with Crippen LogP contribution >= 0.6 is 0 Å². The van der Waals surface area contributed by atoms with Gasteiger partial charge in [-0.3, -0.25) is 0 Å². The first-order chi connectivity index (χ1) is 15.1. The van der Waals surface area contributed by atoms with Crippen molar-refractivity contribution in [1.82, 2.24) is 0 Å². The summed E-state index contributed by atoms with van der Waals surface area (Å²) in [6.07, 6.45) is 0. The number of rotatable bonds is 6. The van der Waals surface area contributed by atoms with Crippen molar-refractivity contribution in [2.24, 2.45) is 0 Å². The minimum atomic E-state index is -0.969. The van der Waals surface area contributed by atoms with Gasteiger partial charge >= 0.3 is 5.97 Å². The normalized spacial score (nSPS) is 11.0. The lowest BCUT2D eigenvalue weighted by atomic mass is 9.80. The Bertz CT molecular complexity index is 1060. The molecule has 0 saturated heterocycles. The van der Waals surface area contributed by atoms with Crippen LogP contribution in [0, 0.1) is 0 Å². The Morgan fingerprint density at radius 1 is 0.710 bits per heavy atom. The molecule has 0 fully saturated rings. The van der Waals surface area contributed by atoms with E-state index in [1.165, 1.54) is 19.2 Å². The molecule has 4 heteroatoms. The van der Waals surface area contributed by atoms with Crippen molar-refractivity contribution in [2.45, 2.75) is 5.60 Å². The van der Waals surface area contributed by atoms with Crippen LogP contribution in [0.4, 0.5) is 0 Å². The number of carbonyl (C=O) groups excluding carboxylic acids is 1. The molecule has 0 atom stereocenters. The molecule has 0 aromatic heterocycles. The number of phenolic OH excluding ortho intramolecular Hbond substituents is 1. The van der Waals surface area contributed by atoms with E-state index in [9.17, 15) is 9.90 Å². The smallest absolute Gasteiger partial charge is 0.341 e. The monoisotopic (exact) mass is 410 g/mol. The molecular formula is C27H22O4. The number of esters is 1. The van der Waals surface area contributed by atoms with E-state index in [0.29, 0.717) is 5.75 Å². The zero-order valence-electron chi connectivity index (χ0n) is 17.1. The summed E-state index contributed by atoms with van der Waals surface area (Å²) in [4.78, 5) is 11.9. The van der Waals surface area contributed by atoms with E-state index in [1.54, 1.807) is 6.07 Å². The molecular weight excluding hydrogens is 388 g/mol. The highest BCUT2D eigenvalue weighted by Gasteiger charge is 2.39. The highest BCUT2D eigenvalue weighted by atomic mass is 16.5. The minimum absolute atomic E-state index is 0.0829. The topological polar surface area (TPSA) is 55.8 Å². The Balaban J connectivity index is 1.93. The van der Waals surface area contributed by atoms with E-state index in [-0.39, 0.29) is 11.3 Å². The number of hydrogen-bond acceptors (Lipinski definition) is 4. The predicted molar refractivity (Wildman–Crippen MR) is 119 cm³/mol. The Morgan fingerprint density at radius 3 is 1.55 bits per heavy atom. The number of phenols is 1. The first-order valence-corrected chi connectivity index (χ1v) is 9.92. The second kappa shape index (κ2) is 8.76. The molecule has 0 amide bonds. The lowest BCUT2D eigenvalue weighted by molar-refractivity contribution is 0.0597. The summed E-state index contributed by atoms with van der Waals surface area (Å²) in [6, 6.07) is 34.4. The van der Waals surface area contributed by atoms with Gasteiger partial charge in [0.1, 0.15) is 17.1 Å².